The zero-order chi connectivity index (χ0) is 21.3. The van der Waals surface area contributed by atoms with Gasteiger partial charge in [-0.25, -0.2) is 4.98 Å². The smallest absolute Gasteiger partial charge is 0.293 e. The van der Waals surface area contributed by atoms with Crippen molar-refractivity contribution in [1.29, 1.82) is 0 Å². The average molecular weight is 498 g/mol. The molecule has 0 aliphatic rings. The van der Waals surface area contributed by atoms with Crippen LogP contribution in [0.2, 0.25) is 20.1 Å². The Morgan fingerprint density at radius 2 is 1.77 bits per heavy atom. The highest BCUT2D eigenvalue weighted by atomic mass is 35.5. The van der Waals surface area contributed by atoms with Crippen molar-refractivity contribution in [2.45, 2.75) is 6.42 Å². The maximum absolute atomic E-state index is 12.5. The summed E-state index contributed by atoms with van der Waals surface area (Å²) in [5.74, 6) is 0.184. The summed E-state index contributed by atoms with van der Waals surface area (Å²) in [6.07, 6.45) is 2.34. The molecule has 30 heavy (non-hydrogen) atoms. The average Bonchev–Trinajstić information content (AvgIpc) is 3.36. The van der Waals surface area contributed by atoms with Crippen LogP contribution >= 0.6 is 57.7 Å². The number of benzene rings is 2. The Morgan fingerprint density at radius 1 is 0.967 bits per heavy atom. The van der Waals surface area contributed by atoms with Gasteiger partial charge in [0, 0.05) is 28.1 Å². The lowest BCUT2D eigenvalue weighted by atomic mass is 10.1. The van der Waals surface area contributed by atoms with Gasteiger partial charge in [-0.3, -0.25) is 10.1 Å². The van der Waals surface area contributed by atoms with E-state index in [9.17, 15) is 4.79 Å². The van der Waals surface area contributed by atoms with E-state index in [1.165, 1.54) is 11.3 Å². The van der Waals surface area contributed by atoms with Crippen LogP contribution in [-0.2, 0) is 6.42 Å². The zero-order valence-electron chi connectivity index (χ0n) is 15.1. The third-order valence-electron chi connectivity index (χ3n) is 4.16. The quantitative estimate of drug-likeness (QED) is 0.305. The lowest BCUT2D eigenvalue weighted by molar-refractivity contribution is 0.0997. The van der Waals surface area contributed by atoms with Crippen molar-refractivity contribution in [3.63, 3.8) is 0 Å². The second kappa shape index (κ2) is 9.00. The van der Waals surface area contributed by atoms with E-state index in [0.717, 1.165) is 10.4 Å². The van der Waals surface area contributed by atoms with Gasteiger partial charge in [0.25, 0.3) is 5.91 Å². The van der Waals surface area contributed by atoms with Crippen molar-refractivity contribution in [2.75, 3.05) is 5.32 Å². The number of carbonyl (C=O) groups is 1. The molecule has 4 aromatic rings. The molecule has 0 radical (unpaired) electrons. The number of thiazole rings is 1. The van der Waals surface area contributed by atoms with E-state index in [0.29, 0.717) is 43.0 Å². The summed E-state index contributed by atoms with van der Waals surface area (Å²) in [7, 11) is 0. The van der Waals surface area contributed by atoms with Crippen LogP contribution in [0.15, 0.2) is 59.1 Å². The molecular formula is C21H12Cl4N2O2S. The minimum atomic E-state index is -0.408. The fourth-order valence-electron chi connectivity index (χ4n) is 2.75. The van der Waals surface area contributed by atoms with Gasteiger partial charge in [0.2, 0.25) is 0 Å². The maximum Gasteiger partial charge on any atom is 0.293 e. The summed E-state index contributed by atoms with van der Waals surface area (Å²) in [4.78, 5) is 17.8. The first-order valence-corrected chi connectivity index (χ1v) is 11.0. The monoisotopic (exact) mass is 496 g/mol. The predicted molar refractivity (Wildman–Crippen MR) is 123 cm³/mol. The number of hydrogen-bond donors (Lipinski definition) is 1. The number of rotatable bonds is 5. The third kappa shape index (κ3) is 4.82. The Morgan fingerprint density at radius 3 is 2.57 bits per heavy atom. The molecule has 2 aromatic heterocycles. The van der Waals surface area contributed by atoms with Crippen LogP contribution in [0.5, 0.6) is 0 Å². The van der Waals surface area contributed by atoms with Crippen molar-refractivity contribution in [1.82, 2.24) is 4.98 Å². The maximum atomic E-state index is 12.5. The van der Waals surface area contributed by atoms with E-state index in [1.54, 1.807) is 42.6 Å². The van der Waals surface area contributed by atoms with E-state index in [-0.39, 0.29) is 5.76 Å². The van der Waals surface area contributed by atoms with E-state index >= 15 is 0 Å². The van der Waals surface area contributed by atoms with Gasteiger partial charge in [-0.15, -0.1) is 11.3 Å². The van der Waals surface area contributed by atoms with Crippen molar-refractivity contribution in [3.8, 4) is 11.3 Å². The van der Waals surface area contributed by atoms with E-state index in [1.807, 2.05) is 12.1 Å². The van der Waals surface area contributed by atoms with E-state index in [2.05, 4.69) is 10.3 Å². The fourth-order valence-corrected chi connectivity index (χ4v) is 4.29. The number of carbonyl (C=O) groups excluding carboxylic acids is 1. The number of halogens is 4. The van der Waals surface area contributed by atoms with Gasteiger partial charge in [-0.05, 0) is 48.0 Å². The topological polar surface area (TPSA) is 55.1 Å². The second-order valence-electron chi connectivity index (χ2n) is 6.30. The molecule has 4 nitrogen and oxygen atoms in total. The fraction of sp³-hybridized carbons (Fsp3) is 0.0476. The van der Waals surface area contributed by atoms with Crippen LogP contribution in [0.4, 0.5) is 5.13 Å². The molecule has 9 heteroatoms. The van der Waals surface area contributed by atoms with Crippen molar-refractivity contribution in [2.24, 2.45) is 0 Å². The first-order chi connectivity index (χ1) is 14.4. The first-order valence-electron chi connectivity index (χ1n) is 8.64. The predicted octanol–water partition coefficient (Wildman–Crippen LogP) is 7.86. The normalized spacial score (nSPS) is 10.9. The number of hydrogen-bond acceptors (Lipinski definition) is 4. The Balaban J connectivity index is 1.45. The van der Waals surface area contributed by atoms with Crippen LogP contribution < -0.4 is 5.32 Å². The minimum Gasteiger partial charge on any atom is -0.451 e. The highest BCUT2D eigenvalue weighted by molar-refractivity contribution is 7.15. The van der Waals surface area contributed by atoms with Crippen LogP contribution in [0.25, 0.3) is 11.3 Å². The molecule has 0 fully saturated rings. The lowest BCUT2D eigenvalue weighted by Crippen LogP contribution is -2.10. The van der Waals surface area contributed by atoms with Gasteiger partial charge in [-0.1, -0.05) is 52.5 Å². The standard InChI is InChI=1S/C21H12Cl4N2O2S/c22-12-2-4-15(23)14(9-12)18-5-6-19(29-18)20(28)27-21-26-10-13(30-21)7-11-1-3-16(24)17(25)8-11/h1-6,8-10H,7H2,(H,26,27,28). The molecule has 0 saturated carbocycles. The number of furan rings is 1. The molecule has 0 spiro atoms. The summed E-state index contributed by atoms with van der Waals surface area (Å²) < 4.78 is 5.66. The summed E-state index contributed by atoms with van der Waals surface area (Å²) in [6.45, 7) is 0. The molecule has 2 aromatic carbocycles. The first kappa shape index (κ1) is 21.2. The Labute approximate surface area is 196 Å². The molecule has 0 saturated heterocycles. The van der Waals surface area contributed by atoms with Crippen LogP contribution in [-0.4, -0.2) is 10.9 Å². The molecule has 2 heterocycles. The molecule has 4 rings (SSSR count). The molecule has 1 amide bonds. The second-order valence-corrected chi connectivity index (χ2v) is 9.07. The van der Waals surface area contributed by atoms with Gasteiger partial charge >= 0.3 is 0 Å². The van der Waals surface area contributed by atoms with Gasteiger partial charge in [0.1, 0.15) is 5.76 Å². The summed E-state index contributed by atoms with van der Waals surface area (Å²) >= 11 is 25.6. The Hall–Kier alpha value is -2.02. The zero-order valence-corrected chi connectivity index (χ0v) is 18.9. The van der Waals surface area contributed by atoms with E-state index < -0.39 is 5.91 Å². The highest BCUT2D eigenvalue weighted by Crippen LogP contribution is 2.32. The minimum absolute atomic E-state index is 0.141. The summed E-state index contributed by atoms with van der Waals surface area (Å²) in [5, 5.41) is 5.22. The third-order valence-corrected chi connectivity index (χ3v) is 6.38. The number of nitrogens with one attached hydrogen (secondary N) is 1. The summed E-state index contributed by atoms with van der Waals surface area (Å²) in [5.41, 5.74) is 1.61. The van der Waals surface area contributed by atoms with Crippen molar-refractivity contribution >= 4 is 68.8 Å². The molecule has 0 aliphatic carbocycles. The highest BCUT2D eigenvalue weighted by Gasteiger charge is 2.16. The lowest BCUT2D eigenvalue weighted by Gasteiger charge is -2.02. The molecule has 0 unspecified atom stereocenters. The number of anilines is 1. The SMILES string of the molecule is O=C(Nc1ncc(Cc2ccc(Cl)c(Cl)c2)s1)c1ccc(-c2cc(Cl)ccc2Cl)o1. The van der Waals surface area contributed by atoms with Gasteiger partial charge in [0.15, 0.2) is 10.9 Å². The number of nitrogens with zero attached hydrogens (tertiary/aromatic N) is 1. The van der Waals surface area contributed by atoms with Crippen LogP contribution in [0.1, 0.15) is 21.0 Å². The summed E-state index contributed by atoms with van der Waals surface area (Å²) in [6, 6.07) is 13.7. The number of aromatic nitrogens is 1. The Kier molecular flexibility index (Phi) is 6.37. The number of amides is 1. The molecule has 0 atom stereocenters. The van der Waals surface area contributed by atoms with E-state index in [4.69, 9.17) is 50.8 Å². The van der Waals surface area contributed by atoms with Crippen molar-refractivity contribution < 1.29 is 9.21 Å². The molecule has 0 aliphatic heterocycles. The Bertz CT molecular complexity index is 1240. The van der Waals surface area contributed by atoms with Gasteiger partial charge < -0.3 is 4.42 Å². The largest absolute Gasteiger partial charge is 0.451 e. The molecule has 152 valence electrons. The van der Waals surface area contributed by atoms with Crippen molar-refractivity contribution in [3.05, 3.63) is 91.0 Å². The molecule has 0 bridgehead atoms. The van der Waals surface area contributed by atoms with Crippen LogP contribution in [0, 0.1) is 0 Å². The molecule has 1 N–H and O–H groups in total. The van der Waals surface area contributed by atoms with Gasteiger partial charge in [-0.2, -0.15) is 0 Å². The van der Waals surface area contributed by atoms with Crippen LogP contribution in [0.3, 0.4) is 0 Å². The van der Waals surface area contributed by atoms with Gasteiger partial charge in [0.05, 0.1) is 15.1 Å². The molecular weight excluding hydrogens is 486 g/mol.